The number of aliphatic hydroxyl groups is 1. The fraction of sp³-hybridized carbons (Fsp3) is 0.571. The Kier molecular flexibility index (Phi) is 7.53. The number of aromatic nitrogens is 1. The monoisotopic (exact) mass is 511 g/mol. The molecule has 0 radical (unpaired) electrons. The lowest BCUT2D eigenvalue weighted by Crippen LogP contribution is -2.53. The first kappa shape index (κ1) is 26.3. The number of hydrogen-bond acceptors (Lipinski definition) is 7. The minimum absolute atomic E-state index is 0.00265. The number of amides is 1. The summed E-state index contributed by atoms with van der Waals surface area (Å²) >= 11 is 1.66. The van der Waals surface area contributed by atoms with Crippen molar-refractivity contribution in [1.29, 1.82) is 0 Å². The van der Waals surface area contributed by atoms with Gasteiger partial charge in [0.25, 0.3) is 0 Å². The minimum atomic E-state index is -0.582. The number of hydrogen-bond donors (Lipinski definition) is 2. The molecule has 1 heterocycles. The van der Waals surface area contributed by atoms with Gasteiger partial charge >= 0.3 is 0 Å². The molecule has 0 unspecified atom stereocenters. The Labute approximate surface area is 218 Å². The maximum atomic E-state index is 13.0. The van der Waals surface area contributed by atoms with Gasteiger partial charge in [-0.1, -0.05) is 26.7 Å². The summed E-state index contributed by atoms with van der Waals surface area (Å²) in [4.78, 5) is 20.8. The van der Waals surface area contributed by atoms with Crippen molar-refractivity contribution in [3.8, 4) is 23.8 Å². The third-order valence-corrected chi connectivity index (χ3v) is 9.29. The summed E-state index contributed by atoms with van der Waals surface area (Å²) in [5.41, 5.74) is 1.78. The Morgan fingerprint density at radius 1 is 1.42 bits per heavy atom. The molecule has 0 spiro atoms. The van der Waals surface area contributed by atoms with E-state index < -0.39 is 6.10 Å². The lowest BCUT2D eigenvalue weighted by atomic mass is 9.53. The molecule has 194 valence electrons. The van der Waals surface area contributed by atoms with Crippen molar-refractivity contribution in [3.05, 3.63) is 28.8 Å². The molecule has 1 aromatic carbocycles. The number of nitrogens with one attached hydrogen (secondary N) is 1. The molecule has 36 heavy (non-hydrogen) atoms. The van der Waals surface area contributed by atoms with Gasteiger partial charge in [-0.25, -0.2) is 4.98 Å². The number of thiazole rings is 1. The molecule has 0 bridgehead atoms. The fourth-order valence-corrected chi connectivity index (χ4v) is 7.65. The maximum Gasteiger partial charge on any atom is 0.226 e. The average Bonchev–Trinajstić information content (AvgIpc) is 3.25. The molecule has 2 aliphatic carbocycles. The highest BCUT2D eigenvalue weighted by atomic mass is 32.1. The molecule has 4 rings (SSSR count). The van der Waals surface area contributed by atoms with Crippen LogP contribution in [0.5, 0.6) is 11.5 Å². The average molecular weight is 512 g/mol. The van der Waals surface area contributed by atoms with E-state index in [4.69, 9.17) is 20.9 Å². The van der Waals surface area contributed by atoms with E-state index in [1.165, 1.54) is 4.88 Å². The minimum Gasteiger partial charge on any atom is -0.497 e. The van der Waals surface area contributed by atoms with E-state index >= 15 is 0 Å². The van der Waals surface area contributed by atoms with Crippen LogP contribution in [0.25, 0.3) is 0 Å². The van der Waals surface area contributed by atoms with Crippen LogP contribution in [0.15, 0.2) is 18.2 Å². The van der Waals surface area contributed by atoms with E-state index in [1.54, 1.807) is 37.5 Å². The van der Waals surface area contributed by atoms with Crippen molar-refractivity contribution in [2.45, 2.75) is 52.1 Å². The van der Waals surface area contributed by atoms with Gasteiger partial charge in [0.2, 0.25) is 5.91 Å². The molecule has 1 aromatic heterocycles. The Morgan fingerprint density at radius 3 is 2.83 bits per heavy atom. The number of nitrogens with zero attached hydrogens (tertiary/aromatic N) is 2. The Bertz CT molecular complexity index is 1160. The molecule has 6 atom stereocenters. The van der Waals surface area contributed by atoms with E-state index in [-0.39, 0.29) is 41.5 Å². The Morgan fingerprint density at radius 2 is 2.17 bits per heavy atom. The lowest BCUT2D eigenvalue weighted by Gasteiger charge is -2.53. The van der Waals surface area contributed by atoms with Crippen LogP contribution in [-0.4, -0.2) is 54.8 Å². The summed E-state index contributed by atoms with van der Waals surface area (Å²) in [6.45, 7) is 6.65. The molecule has 2 aliphatic rings. The van der Waals surface area contributed by atoms with Crippen molar-refractivity contribution >= 4 is 28.1 Å². The second kappa shape index (κ2) is 10.3. The van der Waals surface area contributed by atoms with Crippen molar-refractivity contribution < 1.29 is 19.4 Å². The highest BCUT2D eigenvalue weighted by molar-refractivity contribution is 7.15. The van der Waals surface area contributed by atoms with E-state index in [2.05, 4.69) is 25.1 Å². The standard InChI is InChI=1S/C28H37N3O4S/c1-8-13-31(5)26(33)16(2)19-11-12-28(4)15-22-24(17(3)23(28)25(19)32)30-27(36-22)29-20-14-18(34-6)9-10-21(20)35-7/h1,9-10,14,16-17,19,23,25,32H,11-13,15H2,2-7H3,(H,29,30)/t16-,17-,19+,23+,25-,28-/m0/s1. The number of carbonyl (C=O) groups excluding carboxylic acids is 1. The first-order valence-electron chi connectivity index (χ1n) is 12.5. The van der Waals surface area contributed by atoms with Crippen LogP contribution in [0, 0.1) is 35.5 Å². The molecule has 1 amide bonds. The van der Waals surface area contributed by atoms with Crippen molar-refractivity contribution in [2.24, 2.45) is 23.2 Å². The third-order valence-electron chi connectivity index (χ3n) is 8.31. The Balaban J connectivity index is 1.59. The molecular weight excluding hydrogens is 474 g/mol. The second-order valence-corrected chi connectivity index (χ2v) is 11.6. The van der Waals surface area contributed by atoms with Crippen LogP contribution in [0.3, 0.4) is 0 Å². The number of terminal acetylenes is 1. The second-order valence-electron chi connectivity index (χ2n) is 10.5. The first-order chi connectivity index (χ1) is 17.1. The zero-order valence-corrected chi connectivity index (χ0v) is 22.8. The first-order valence-corrected chi connectivity index (χ1v) is 13.3. The van der Waals surface area contributed by atoms with Gasteiger partial charge in [0, 0.05) is 29.8 Å². The fourth-order valence-electron chi connectivity index (χ4n) is 6.37. The summed E-state index contributed by atoms with van der Waals surface area (Å²) in [6.07, 6.45) is 7.47. The molecule has 1 saturated carbocycles. The zero-order chi connectivity index (χ0) is 26.2. The molecule has 2 N–H and O–H groups in total. The number of benzene rings is 1. The van der Waals surface area contributed by atoms with E-state index in [0.29, 0.717) is 5.75 Å². The number of rotatable bonds is 7. The van der Waals surface area contributed by atoms with Gasteiger partial charge in [-0.3, -0.25) is 4.79 Å². The SMILES string of the molecule is C#CCN(C)C(=O)[C@@H](C)[C@H]1CC[C@@]2(C)Cc3sc(Nc4cc(OC)ccc4OC)nc3[C@@H](C)[C@@H]2[C@H]1O. The maximum absolute atomic E-state index is 13.0. The molecule has 0 saturated heterocycles. The van der Waals surface area contributed by atoms with E-state index in [9.17, 15) is 9.90 Å². The highest BCUT2D eigenvalue weighted by Crippen LogP contribution is 2.57. The molecule has 1 fully saturated rings. The molecule has 8 heteroatoms. The van der Waals surface area contributed by atoms with E-state index in [0.717, 1.165) is 41.5 Å². The number of aliphatic hydroxyl groups excluding tert-OH is 1. The summed E-state index contributed by atoms with van der Waals surface area (Å²) < 4.78 is 10.9. The van der Waals surface area contributed by atoms with Crippen molar-refractivity contribution in [2.75, 3.05) is 33.1 Å². The molecule has 7 nitrogen and oxygen atoms in total. The smallest absolute Gasteiger partial charge is 0.226 e. The van der Waals surface area contributed by atoms with Crippen molar-refractivity contribution in [3.63, 3.8) is 0 Å². The van der Waals surface area contributed by atoms with Crippen LogP contribution in [-0.2, 0) is 11.2 Å². The van der Waals surface area contributed by atoms with Crippen LogP contribution in [0.2, 0.25) is 0 Å². The summed E-state index contributed by atoms with van der Waals surface area (Å²) in [6, 6.07) is 5.62. The van der Waals surface area contributed by atoms with Gasteiger partial charge in [0.1, 0.15) is 11.5 Å². The lowest BCUT2D eigenvalue weighted by molar-refractivity contribution is -0.142. The Hall–Kier alpha value is -2.76. The van der Waals surface area contributed by atoms with Gasteiger partial charge in [0.15, 0.2) is 5.13 Å². The highest BCUT2D eigenvalue weighted by Gasteiger charge is 2.54. The van der Waals surface area contributed by atoms with Gasteiger partial charge in [-0.05, 0) is 48.6 Å². The van der Waals surface area contributed by atoms with Crippen LogP contribution in [0.1, 0.15) is 50.1 Å². The van der Waals surface area contributed by atoms with Crippen molar-refractivity contribution in [1.82, 2.24) is 9.88 Å². The predicted molar refractivity (Wildman–Crippen MR) is 143 cm³/mol. The normalized spacial score (nSPS) is 27.7. The van der Waals surface area contributed by atoms with Crippen LogP contribution < -0.4 is 14.8 Å². The molecule has 0 aliphatic heterocycles. The number of fused-ring (bicyclic) bond motifs is 2. The number of ether oxygens (including phenoxy) is 2. The largest absolute Gasteiger partial charge is 0.497 e. The number of anilines is 2. The van der Waals surface area contributed by atoms with E-state index in [1.807, 2.05) is 25.1 Å². The summed E-state index contributed by atoms with van der Waals surface area (Å²) in [5, 5.41) is 15.9. The number of carbonyl (C=O) groups is 1. The van der Waals surface area contributed by atoms with Crippen LogP contribution in [0.4, 0.5) is 10.8 Å². The topological polar surface area (TPSA) is 83.9 Å². The summed E-state index contributed by atoms with van der Waals surface area (Å²) in [5.74, 6) is 3.69. The van der Waals surface area contributed by atoms with Gasteiger partial charge < -0.3 is 24.8 Å². The zero-order valence-electron chi connectivity index (χ0n) is 22.0. The predicted octanol–water partition coefficient (Wildman–Crippen LogP) is 4.68. The number of methoxy groups -OCH3 is 2. The third kappa shape index (κ3) is 4.67. The quantitative estimate of drug-likeness (QED) is 0.525. The molecular formula is C28H37N3O4S. The van der Waals surface area contributed by atoms with Gasteiger partial charge in [-0.2, -0.15) is 0 Å². The summed E-state index contributed by atoms with van der Waals surface area (Å²) in [7, 11) is 5.01. The van der Waals surface area contributed by atoms with Crippen LogP contribution >= 0.6 is 11.3 Å². The van der Waals surface area contributed by atoms with Gasteiger partial charge in [0.05, 0.1) is 38.2 Å². The molecule has 2 aromatic rings. The van der Waals surface area contributed by atoms with Gasteiger partial charge in [-0.15, -0.1) is 17.8 Å².